The van der Waals surface area contributed by atoms with Crippen molar-refractivity contribution in [3.63, 3.8) is 0 Å². The molecule has 3 aromatic carbocycles. The molecule has 3 heterocycles. The maximum absolute atomic E-state index is 13.7. The van der Waals surface area contributed by atoms with Crippen molar-refractivity contribution in [2.45, 2.75) is 20.0 Å². The van der Waals surface area contributed by atoms with Crippen molar-refractivity contribution >= 4 is 22.8 Å². The third kappa shape index (κ3) is 5.95. The number of ether oxygens (including phenoxy) is 1. The van der Waals surface area contributed by atoms with Crippen LogP contribution in [0.5, 0.6) is 0 Å². The van der Waals surface area contributed by atoms with Crippen LogP contribution in [-0.2, 0) is 22.6 Å². The summed E-state index contributed by atoms with van der Waals surface area (Å²) in [5.74, 6) is 1.16. The fourth-order valence-corrected chi connectivity index (χ4v) is 5.14. The number of piperazine rings is 1. The van der Waals surface area contributed by atoms with Gasteiger partial charge < -0.3 is 14.5 Å². The van der Waals surface area contributed by atoms with Crippen molar-refractivity contribution in [1.29, 1.82) is 0 Å². The maximum atomic E-state index is 13.7. The number of amides is 1. The molecule has 0 unspecified atom stereocenters. The summed E-state index contributed by atoms with van der Waals surface area (Å²) in [5.41, 5.74) is 4.34. The minimum absolute atomic E-state index is 0.0153. The van der Waals surface area contributed by atoms with Crippen LogP contribution in [0.2, 0.25) is 0 Å². The van der Waals surface area contributed by atoms with E-state index in [0.29, 0.717) is 50.7 Å². The summed E-state index contributed by atoms with van der Waals surface area (Å²) in [6, 6.07) is 26.2. The molecule has 1 fully saturated rings. The van der Waals surface area contributed by atoms with Crippen LogP contribution in [0, 0.1) is 12.7 Å². The number of benzene rings is 3. The molecule has 5 aromatic rings. The number of hydrogen-bond donors (Lipinski definition) is 0. The number of fused-ring (bicyclic) bond motifs is 1. The predicted molar refractivity (Wildman–Crippen MR) is 155 cm³/mol. The van der Waals surface area contributed by atoms with Crippen molar-refractivity contribution in [3.05, 3.63) is 113 Å². The Morgan fingerprint density at radius 3 is 2.20 bits per heavy atom. The van der Waals surface area contributed by atoms with Gasteiger partial charge in [-0.3, -0.25) is 4.79 Å². The van der Waals surface area contributed by atoms with E-state index in [4.69, 9.17) is 19.8 Å². The Bertz CT molecular complexity index is 1630. The first kappa shape index (κ1) is 26.6. The topological polar surface area (TPSA) is 76.4 Å². The summed E-state index contributed by atoms with van der Waals surface area (Å²) in [5, 5.41) is 5.64. The zero-order valence-electron chi connectivity index (χ0n) is 22.9. The van der Waals surface area contributed by atoms with E-state index in [-0.39, 0.29) is 18.3 Å². The maximum Gasteiger partial charge on any atom is 0.248 e. The first-order chi connectivity index (χ1) is 20.0. The molecule has 0 spiro atoms. The summed E-state index contributed by atoms with van der Waals surface area (Å²) in [7, 11) is 0. The Labute approximate surface area is 238 Å². The van der Waals surface area contributed by atoms with Gasteiger partial charge in [0, 0.05) is 32.6 Å². The number of rotatable bonds is 8. The summed E-state index contributed by atoms with van der Waals surface area (Å²) in [6.45, 7) is 4.79. The van der Waals surface area contributed by atoms with Gasteiger partial charge in [0.15, 0.2) is 5.65 Å². The fourth-order valence-electron chi connectivity index (χ4n) is 5.14. The van der Waals surface area contributed by atoms with Gasteiger partial charge in [-0.1, -0.05) is 60.7 Å². The molecule has 1 amide bonds. The molecule has 1 aliphatic rings. The molecule has 6 rings (SSSR count). The lowest BCUT2D eigenvalue weighted by molar-refractivity contribution is -0.136. The third-order valence-electron chi connectivity index (χ3n) is 7.27. The average molecular weight is 551 g/mol. The number of carbonyl (C=O) groups excluding carboxylic acids is 1. The fraction of sp³-hybridized carbons (Fsp3) is 0.250. The molecule has 1 aliphatic heterocycles. The minimum Gasteiger partial charge on any atom is -0.367 e. The molecule has 2 aromatic heterocycles. The highest BCUT2D eigenvalue weighted by Crippen LogP contribution is 2.30. The second-order valence-corrected chi connectivity index (χ2v) is 10.1. The van der Waals surface area contributed by atoms with Crippen molar-refractivity contribution in [1.82, 2.24) is 24.6 Å². The number of hydrogen-bond acceptors (Lipinski definition) is 6. The van der Waals surface area contributed by atoms with Gasteiger partial charge in [0.05, 0.1) is 23.4 Å². The molecule has 1 saturated heterocycles. The van der Waals surface area contributed by atoms with Gasteiger partial charge >= 0.3 is 0 Å². The van der Waals surface area contributed by atoms with E-state index in [9.17, 15) is 9.18 Å². The number of nitrogens with zero attached hydrogens (tertiary/aromatic N) is 6. The monoisotopic (exact) mass is 550 g/mol. The first-order valence-corrected chi connectivity index (χ1v) is 13.8. The lowest BCUT2D eigenvalue weighted by Gasteiger charge is -2.35. The highest BCUT2D eigenvalue weighted by molar-refractivity contribution is 5.91. The van der Waals surface area contributed by atoms with Gasteiger partial charge in [0.2, 0.25) is 5.91 Å². The zero-order valence-corrected chi connectivity index (χ0v) is 22.9. The van der Waals surface area contributed by atoms with Gasteiger partial charge in [0.1, 0.15) is 24.1 Å². The van der Waals surface area contributed by atoms with Gasteiger partial charge in [-0.05, 0) is 42.3 Å². The van der Waals surface area contributed by atoms with Crippen LogP contribution in [0.1, 0.15) is 22.6 Å². The summed E-state index contributed by atoms with van der Waals surface area (Å²) in [4.78, 5) is 26.9. The molecule has 208 valence electrons. The molecule has 8 nitrogen and oxygen atoms in total. The standard InChI is InChI=1S/C32H31FN6O2/c1-23-30-31(38-18-16-37(17-19-38)29(40)22-41-21-25-10-6-3-7-11-25)34-28(20-24-8-4-2-5-9-24)35-32(30)39(36-23)27-14-12-26(33)13-15-27/h2-15H,16-22H2,1H3. The van der Waals surface area contributed by atoms with Crippen molar-refractivity contribution < 1.29 is 13.9 Å². The van der Waals surface area contributed by atoms with E-state index in [1.54, 1.807) is 16.8 Å². The van der Waals surface area contributed by atoms with E-state index < -0.39 is 0 Å². The second kappa shape index (κ2) is 11.9. The van der Waals surface area contributed by atoms with E-state index in [2.05, 4.69) is 17.0 Å². The zero-order chi connectivity index (χ0) is 28.2. The molecule has 0 N–H and O–H groups in total. The number of halogens is 1. The Kier molecular flexibility index (Phi) is 7.69. The van der Waals surface area contributed by atoms with E-state index >= 15 is 0 Å². The van der Waals surface area contributed by atoms with Crippen molar-refractivity contribution in [2.75, 3.05) is 37.7 Å². The van der Waals surface area contributed by atoms with E-state index in [1.807, 2.05) is 60.4 Å². The SMILES string of the molecule is Cc1nn(-c2ccc(F)cc2)c2nc(Cc3ccccc3)nc(N3CCN(C(=O)COCc4ccccc4)CC3)c12. The number of carbonyl (C=O) groups is 1. The van der Waals surface area contributed by atoms with Gasteiger partial charge in [-0.25, -0.2) is 19.0 Å². The number of aromatic nitrogens is 4. The molecular formula is C32H31FN6O2. The molecule has 9 heteroatoms. The van der Waals surface area contributed by atoms with E-state index in [0.717, 1.165) is 33.7 Å². The minimum atomic E-state index is -0.306. The average Bonchev–Trinajstić information content (AvgIpc) is 3.34. The van der Waals surface area contributed by atoms with Gasteiger partial charge in [0.25, 0.3) is 0 Å². The largest absolute Gasteiger partial charge is 0.367 e. The van der Waals surface area contributed by atoms with Crippen LogP contribution in [0.3, 0.4) is 0 Å². The first-order valence-electron chi connectivity index (χ1n) is 13.8. The van der Waals surface area contributed by atoms with Gasteiger partial charge in [-0.15, -0.1) is 0 Å². The van der Waals surface area contributed by atoms with Crippen molar-refractivity contribution in [3.8, 4) is 5.69 Å². The number of anilines is 1. The Morgan fingerprint density at radius 1 is 0.854 bits per heavy atom. The van der Waals surface area contributed by atoms with Crippen LogP contribution in [0.4, 0.5) is 10.2 Å². The predicted octanol–water partition coefficient (Wildman–Crippen LogP) is 4.72. The molecule has 0 radical (unpaired) electrons. The second-order valence-electron chi connectivity index (χ2n) is 10.1. The van der Waals surface area contributed by atoms with Crippen LogP contribution < -0.4 is 4.90 Å². The van der Waals surface area contributed by atoms with E-state index in [1.165, 1.54) is 12.1 Å². The lowest BCUT2D eigenvalue weighted by atomic mass is 10.1. The molecule has 41 heavy (non-hydrogen) atoms. The highest BCUT2D eigenvalue weighted by Gasteiger charge is 2.26. The Hall–Kier alpha value is -4.63. The summed E-state index contributed by atoms with van der Waals surface area (Å²) < 4.78 is 21.1. The highest BCUT2D eigenvalue weighted by atomic mass is 19.1. The summed E-state index contributed by atoms with van der Waals surface area (Å²) in [6.07, 6.45) is 0.564. The Balaban J connectivity index is 1.24. The number of aryl methyl sites for hydroxylation is 1. The van der Waals surface area contributed by atoms with Crippen molar-refractivity contribution in [2.24, 2.45) is 0 Å². The van der Waals surface area contributed by atoms with Crippen LogP contribution in [0.25, 0.3) is 16.7 Å². The third-order valence-corrected chi connectivity index (χ3v) is 7.27. The molecule has 0 aliphatic carbocycles. The lowest BCUT2D eigenvalue weighted by Crippen LogP contribution is -2.50. The normalized spacial score (nSPS) is 13.6. The smallest absolute Gasteiger partial charge is 0.248 e. The van der Waals surface area contributed by atoms with Crippen LogP contribution >= 0.6 is 0 Å². The molecular weight excluding hydrogens is 519 g/mol. The van der Waals surface area contributed by atoms with Crippen LogP contribution in [-0.4, -0.2) is 63.3 Å². The molecule has 0 bridgehead atoms. The van der Waals surface area contributed by atoms with Gasteiger partial charge in [-0.2, -0.15) is 5.10 Å². The summed E-state index contributed by atoms with van der Waals surface area (Å²) >= 11 is 0. The van der Waals surface area contributed by atoms with Crippen LogP contribution in [0.15, 0.2) is 84.9 Å². The quantitative estimate of drug-likeness (QED) is 0.278. The molecule has 0 saturated carbocycles. The molecule has 0 atom stereocenters. The Morgan fingerprint density at radius 2 is 1.51 bits per heavy atom.